The first-order valence-corrected chi connectivity index (χ1v) is 5.43. The summed E-state index contributed by atoms with van der Waals surface area (Å²) in [5.41, 5.74) is 2.31. The van der Waals surface area contributed by atoms with E-state index >= 15 is 0 Å². The molecule has 0 bridgehead atoms. The van der Waals surface area contributed by atoms with Gasteiger partial charge in [-0.2, -0.15) is 0 Å². The summed E-state index contributed by atoms with van der Waals surface area (Å²) in [6, 6.07) is 5.53. The number of rotatable bonds is 1. The molecule has 0 N–H and O–H groups in total. The van der Waals surface area contributed by atoms with Crippen molar-refractivity contribution in [2.75, 3.05) is 13.7 Å². The van der Waals surface area contributed by atoms with Crippen molar-refractivity contribution in [1.82, 2.24) is 4.98 Å². The van der Waals surface area contributed by atoms with E-state index in [0.29, 0.717) is 17.7 Å². The van der Waals surface area contributed by atoms with Gasteiger partial charge in [-0.15, -0.1) is 0 Å². The van der Waals surface area contributed by atoms with Crippen molar-refractivity contribution in [2.45, 2.75) is 6.42 Å². The van der Waals surface area contributed by atoms with Gasteiger partial charge in [0.2, 0.25) is 0 Å². The van der Waals surface area contributed by atoms with Crippen LogP contribution in [0.2, 0.25) is 0 Å². The maximum absolute atomic E-state index is 11.6. The Hall–Kier alpha value is -2.10. The molecule has 86 valence electrons. The summed E-state index contributed by atoms with van der Waals surface area (Å²) >= 11 is 0. The summed E-state index contributed by atoms with van der Waals surface area (Å²) in [7, 11) is 1.37. The standard InChI is InChI=1S/C13H11NO3/c1-16-13(15)10-4-2-3-9-8-5-6-17-11(8)7-14-12(9)10/h2-4,7H,5-6H2,1H3. The number of ether oxygens (including phenoxy) is 2. The van der Waals surface area contributed by atoms with E-state index in [1.165, 1.54) is 7.11 Å². The largest absolute Gasteiger partial charge is 0.491 e. The third-order valence-corrected chi connectivity index (χ3v) is 2.98. The lowest BCUT2D eigenvalue weighted by Crippen LogP contribution is -2.03. The Morgan fingerprint density at radius 1 is 1.47 bits per heavy atom. The Balaban J connectivity index is 2.31. The first-order chi connectivity index (χ1) is 8.31. The number of hydrogen-bond acceptors (Lipinski definition) is 4. The molecule has 0 atom stereocenters. The third-order valence-electron chi connectivity index (χ3n) is 2.98. The minimum absolute atomic E-state index is 0.359. The second-order valence-electron chi connectivity index (χ2n) is 3.89. The lowest BCUT2D eigenvalue weighted by atomic mass is 10.0. The molecule has 0 fully saturated rings. The number of carbonyl (C=O) groups excluding carboxylic acids is 1. The highest BCUT2D eigenvalue weighted by atomic mass is 16.5. The minimum Gasteiger partial charge on any atom is -0.491 e. The Bertz CT molecular complexity index is 607. The quantitative estimate of drug-likeness (QED) is 0.701. The van der Waals surface area contributed by atoms with Crippen molar-refractivity contribution < 1.29 is 14.3 Å². The van der Waals surface area contributed by atoms with Gasteiger partial charge < -0.3 is 9.47 Å². The van der Waals surface area contributed by atoms with Crippen LogP contribution in [0, 0.1) is 0 Å². The SMILES string of the molecule is COC(=O)c1cccc2c3c(cnc12)OCC3. The number of benzene rings is 1. The number of aromatic nitrogens is 1. The van der Waals surface area contributed by atoms with E-state index in [1.54, 1.807) is 12.3 Å². The van der Waals surface area contributed by atoms with E-state index in [1.807, 2.05) is 12.1 Å². The topological polar surface area (TPSA) is 48.4 Å². The molecule has 1 aliphatic rings. The van der Waals surface area contributed by atoms with Crippen LogP contribution in [0.5, 0.6) is 5.75 Å². The molecular weight excluding hydrogens is 218 g/mol. The van der Waals surface area contributed by atoms with Gasteiger partial charge >= 0.3 is 5.97 Å². The molecule has 3 rings (SSSR count). The molecule has 0 aliphatic carbocycles. The number of para-hydroxylation sites is 1. The molecular formula is C13H11NO3. The predicted octanol–water partition coefficient (Wildman–Crippen LogP) is 1.96. The summed E-state index contributed by atoms with van der Waals surface area (Å²) in [4.78, 5) is 15.9. The molecule has 0 unspecified atom stereocenters. The van der Waals surface area contributed by atoms with Crippen LogP contribution in [-0.4, -0.2) is 24.7 Å². The first-order valence-electron chi connectivity index (χ1n) is 5.43. The van der Waals surface area contributed by atoms with Crippen molar-refractivity contribution in [3.8, 4) is 5.75 Å². The second-order valence-corrected chi connectivity index (χ2v) is 3.89. The molecule has 2 aromatic rings. The third kappa shape index (κ3) is 1.45. The van der Waals surface area contributed by atoms with Gasteiger partial charge in [-0.05, 0) is 6.07 Å². The summed E-state index contributed by atoms with van der Waals surface area (Å²) < 4.78 is 10.2. The Morgan fingerprint density at radius 2 is 2.35 bits per heavy atom. The normalized spacial score (nSPS) is 13.2. The van der Waals surface area contributed by atoms with Crippen molar-refractivity contribution >= 4 is 16.9 Å². The fourth-order valence-electron chi connectivity index (χ4n) is 2.18. The van der Waals surface area contributed by atoms with Gasteiger partial charge in [0.15, 0.2) is 0 Å². The number of nitrogens with zero attached hydrogens (tertiary/aromatic N) is 1. The summed E-state index contributed by atoms with van der Waals surface area (Å²) in [6.45, 7) is 0.679. The van der Waals surface area contributed by atoms with Crippen LogP contribution in [0.3, 0.4) is 0 Å². The van der Waals surface area contributed by atoms with Gasteiger partial charge in [0.05, 0.1) is 31.0 Å². The van der Waals surface area contributed by atoms with Crippen LogP contribution in [0.1, 0.15) is 15.9 Å². The zero-order valence-electron chi connectivity index (χ0n) is 9.40. The number of esters is 1. The number of hydrogen-bond donors (Lipinski definition) is 0. The molecule has 0 amide bonds. The van der Waals surface area contributed by atoms with Crippen LogP contribution < -0.4 is 4.74 Å². The predicted molar refractivity (Wildman–Crippen MR) is 62.3 cm³/mol. The minimum atomic E-state index is -0.359. The lowest BCUT2D eigenvalue weighted by Gasteiger charge is -2.06. The number of carbonyl (C=O) groups is 1. The van der Waals surface area contributed by atoms with E-state index in [2.05, 4.69) is 4.98 Å². The highest BCUT2D eigenvalue weighted by molar-refractivity contribution is 6.03. The summed E-state index contributed by atoms with van der Waals surface area (Å²) in [5, 5.41) is 0.975. The highest BCUT2D eigenvalue weighted by Gasteiger charge is 2.19. The van der Waals surface area contributed by atoms with Crippen molar-refractivity contribution in [1.29, 1.82) is 0 Å². The van der Waals surface area contributed by atoms with Gasteiger partial charge in [0, 0.05) is 17.4 Å². The van der Waals surface area contributed by atoms with E-state index in [9.17, 15) is 4.79 Å². The summed E-state index contributed by atoms with van der Waals surface area (Å²) in [5.74, 6) is 0.460. The van der Waals surface area contributed by atoms with Gasteiger partial charge in [-0.3, -0.25) is 4.98 Å². The van der Waals surface area contributed by atoms with Crippen LogP contribution in [0.4, 0.5) is 0 Å². The molecule has 4 nitrogen and oxygen atoms in total. The second kappa shape index (κ2) is 3.73. The Labute approximate surface area is 98.2 Å². The molecule has 0 saturated carbocycles. The lowest BCUT2D eigenvalue weighted by molar-refractivity contribution is 0.0603. The van der Waals surface area contributed by atoms with Crippen LogP contribution in [0.15, 0.2) is 24.4 Å². The monoisotopic (exact) mass is 229 g/mol. The molecule has 1 aliphatic heterocycles. The molecule has 4 heteroatoms. The average Bonchev–Trinajstić information content (AvgIpc) is 2.85. The number of pyridine rings is 1. The molecule has 2 heterocycles. The van der Waals surface area contributed by atoms with E-state index in [4.69, 9.17) is 9.47 Å². The van der Waals surface area contributed by atoms with Crippen molar-refractivity contribution in [3.05, 3.63) is 35.5 Å². The molecule has 0 spiro atoms. The van der Waals surface area contributed by atoms with Gasteiger partial charge in [-0.25, -0.2) is 4.79 Å². The maximum Gasteiger partial charge on any atom is 0.340 e. The zero-order valence-corrected chi connectivity index (χ0v) is 9.40. The van der Waals surface area contributed by atoms with E-state index < -0.39 is 0 Å². The smallest absolute Gasteiger partial charge is 0.340 e. The van der Waals surface area contributed by atoms with Crippen LogP contribution in [0.25, 0.3) is 10.9 Å². The van der Waals surface area contributed by atoms with E-state index in [0.717, 1.165) is 23.1 Å². The molecule has 17 heavy (non-hydrogen) atoms. The molecule has 1 aromatic carbocycles. The van der Waals surface area contributed by atoms with Crippen molar-refractivity contribution in [2.24, 2.45) is 0 Å². The van der Waals surface area contributed by atoms with Crippen LogP contribution in [-0.2, 0) is 11.2 Å². The van der Waals surface area contributed by atoms with Gasteiger partial charge in [0.1, 0.15) is 5.75 Å². The Morgan fingerprint density at radius 3 is 3.18 bits per heavy atom. The first kappa shape index (κ1) is 10.1. The van der Waals surface area contributed by atoms with Crippen molar-refractivity contribution in [3.63, 3.8) is 0 Å². The fraction of sp³-hybridized carbons (Fsp3) is 0.231. The molecule has 0 saturated heterocycles. The highest BCUT2D eigenvalue weighted by Crippen LogP contribution is 2.32. The zero-order chi connectivity index (χ0) is 11.8. The average molecular weight is 229 g/mol. The fourth-order valence-corrected chi connectivity index (χ4v) is 2.18. The molecule has 1 aromatic heterocycles. The van der Waals surface area contributed by atoms with E-state index in [-0.39, 0.29) is 5.97 Å². The molecule has 0 radical (unpaired) electrons. The number of methoxy groups -OCH3 is 1. The number of fused-ring (bicyclic) bond motifs is 3. The van der Waals surface area contributed by atoms with Gasteiger partial charge in [-0.1, -0.05) is 12.1 Å². The summed E-state index contributed by atoms with van der Waals surface area (Å²) in [6.07, 6.45) is 2.54. The maximum atomic E-state index is 11.6. The van der Waals surface area contributed by atoms with Crippen LogP contribution >= 0.6 is 0 Å². The van der Waals surface area contributed by atoms with Gasteiger partial charge in [0.25, 0.3) is 0 Å². The Kier molecular flexibility index (Phi) is 2.21.